The van der Waals surface area contributed by atoms with E-state index < -0.39 is 0 Å². The minimum absolute atomic E-state index is 0.146. The van der Waals surface area contributed by atoms with Gasteiger partial charge in [0.25, 0.3) is 0 Å². The van der Waals surface area contributed by atoms with Gasteiger partial charge < -0.3 is 4.98 Å². The molecule has 2 heterocycles. The molecule has 0 fully saturated rings. The molecular formula is C11H13N3O2. The average Bonchev–Trinajstić information content (AvgIpc) is 2.61. The fourth-order valence-corrected chi connectivity index (χ4v) is 1.62. The molecule has 2 rings (SSSR count). The fourth-order valence-electron chi connectivity index (χ4n) is 1.62. The monoisotopic (exact) mass is 219 g/mol. The molecule has 0 aliphatic heterocycles. The van der Waals surface area contributed by atoms with Gasteiger partial charge in [-0.2, -0.15) is 5.10 Å². The summed E-state index contributed by atoms with van der Waals surface area (Å²) in [5.74, 6) is -0.331. The summed E-state index contributed by atoms with van der Waals surface area (Å²) in [5, 5.41) is 4.43. The van der Waals surface area contributed by atoms with E-state index in [0.29, 0.717) is 11.0 Å². The van der Waals surface area contributed by atoms with Crippen LogP contribution in [0.15, 0.2) is 17.2 Å². The van der Waals surface area contributed by atoms with E-state index in [4.69, 9.17) is 0 Å². The Bertz CT molecular complexity index is 607. The van der Waals surface area contributed by atoms with E-state index in [1.807, 2.05) is 0 Å². The molecule has 2 aromatic heterocycles. The van der Waals surface area contributed by atoms with Gasteiger partial charge in [0.2, 0.25) is 5.43 Å². The molecule has 0 aliphatic rings. The summed E-state index contributed by atoms with van der Waals surface area (Å²) >= 11 is 0. The van der Waals surface area contributed by atoms with Gasteiger partial charge in [0.1, 0.15) is 5.65 Å². The van der Waals surface area contributed by atoms with Gasteiger partial charge in [0.15, 0.2) is 5.78 Å². The molecule has 0 aliphatic carbocycles. The number of aromatic nitrogens is 3. The normalized spacial score (nSPS) is 11.2. The zero-order valence-electron chi connectivity index (χ0n) is 9.44. The summed E-state index contributed by atoms with van der Waals surface area (Å²) in [5.41, 5.74) is 0.585. The van der Waals surface area contributed by atoms with Gasteiger partial charge in [0, 0.05) is 19.2 Å². The van der Waals surface area contributed by atoms with E-state index in [2.05, 4.69) is 10.1 Å². The number of aryl methyl sites for hydroxylation is 1. The molecule has 5 heteroatoms. The Morgan fingerprint density at radius 2 is 2.19 bits per heavy atom. The maximum absolute atomic E-state index is 12.0. The van der Waals surface area contributed by atoms with E-state index in [1.165, 1.54) is 12.4 Å². The molecule has 0 radical (unpaired) electrons. The Kier molecular flexibility index (Phi) is 2.38. The van der Waals surface area contributed by atoms with Crippen LogP contribution in [0.1, 0.15) is 24.2 Å². The molecule has 0 unspecified atom stereocenters. The van der Waals surface area contributed by atoms with Crippen molar-refractivity contribution in [2.45, 2.75) is 13.8 Å². The lowest BCUT2D eigenvalue weighted by Crippen LogP contribution is -2.19. The SMILES string of the molecule is CC(C)C(=O)c1c[nH]c2c(cnn2C)c1=O. The smallest absolute Gasteiger partial charge is 0.203 e. The lowest BCUT2D eigenvalue weighted by Gasteiger charge is -2.03. The summed E-state index contributed by atoms with van der Waals surface area (Å²) in [6.45, 7) is 3.55. The summed E-state index contributed by atoms with van der Waals surface area (Å²) < 4.78 is 1.57. The van der Waals surface area contributed by atoms with E-state index in [0.717, 1.165) is 0 Å². The highest BCUT2D eigenvalue weighted by atomic mass is 16.1. The van der Waals surface area contributed by atoms with Crippen LogP contribution in [0.5, 0.6) is 0 Å². The molecule has 16 heavy (non-hydrogen) atoms. The van der Waals surface area contributed by atoms with Crippen molar-refractivity contribution in [3.63, 3.8) is 0 Å². The highest BCUT2D eigenvalue weighted by Gasteiger charge is 2.17. The number of hydrogen-bond donors (Lipinski definition) is 1. The van der Waals surface area contributed by atoms with Crippen molar-refractivity contribution in [3.05, 3.63) is 28.2 Å². The van der Waals surface area contributed by atoms with Gasteiger partial charge in [-0.25, -0.2) is 0 Å². The predicted molar refractivity (Wildman–Crippen MR) is 60.5 cm³/mol. The summed E-state index contributed by atoms with van der Waals surface area (Å²) in [4.78, 5) is 26.7. The predicted octanol–water partition coefficient (Wildman–Crippen LogP) is 1.10. The standard InChI is InChI=1S/C11H13N3O2/c1-6(2)9(15)7-4-12-11-8(10(7)16)5-13-14(11)3/h4-6H,1-3H3,(H,12,16). The Hall–Kier alpha value is -1.91. The third-order valence-corrected chi connectivity index (χ3v) is 2.57. The van der Waals surface area contributed by atoms with Crippen molar-refractivity contribution in [1.82, 2.24) is 14.8 Å². The minimum atomic E-state index is -0.249. The zero-order chi connectivity index (χ0) is 11.9. The van der Waals surface area contributed by atoms with Crippen LogP contribution in [-0.4, -0.2) is 20.5 Å². The summed E-state index contributed by atoms with van der Waals surface area (Å²) in [6.07, 6.45) is 2.94. The van der Waals surface area contributed by atoms with Crippen LogP contribution >= 0.6 is 0 Å². The molecule has 0 saturated heterocycles. The number of pyridine rings is 1. The number of aromatic amines is 1. The number of nitrogens with zero attached hydrogens (tertiary/aromatic N) is 2. The van der Waals surface area contributed by atoms with E-state index in [1.54, 1.807) is 25.6 Å². The Labute approximate surface area is 92.1 Å². The topological polar surface area (TPSA) is 67.8 Å². The number of carbonyl (C=O) groups excluding carboxylic acids is 1. The van der Waals surface area contributed by atoms with Gasteiger partial charge in [-0.05, 0) is 0 Å². The lowest BCUT2D eigenvalue weighted by atomic mass is 10.0. The number of rotatable bonds is 2. The number of Topliss-reactive ketones (excluding diaryl/α,β-unsaturated/α-hetero) is 1. The third kappa shape index (κ3) is 1.44. The quantitative estimate of drug-likeness (QED) is 0.769. The fraction of sp³-hybridized carbons (Fsp3) is 0.364. The van der Waals surface area contributed by atoms with Crippen molar-refractivity contribution in [3.8, 4) is 0 Å². The van der Waals surface area contributed by atoms with Crippen molar-refractivity contribution in [1.29, 1.82) is 0 Å². The number of ketones is 1. The van der Waals surface area contributed by atoms with Gasteiger partial charge >= 0.3 is 0 Å². The molecule has 1 N–H and O–H groups in total. The van der Waals surface area contributed by atoms with Crippen LogP contribution in [0.25, 0.3) is 11.0 Å². The summed E-state index contributed by atoms with van der Waals surface area (Å²) in [6, 6.07) is 0. The average molecular weight is 219 g/mol. The van der Waals surface area contributed by atoms with Crippen molar-refractivity contribution in [2.24, 2.45) is 13.0 Å². The van der Waals surface area contributed by atoms with Crippen molar-refractivity contribution >= 4 is 16.8 Å². The van der Waals surface area contributed by atoms with Crippen LogP contribution < -0.4 is 5.43 Å². The Morgan fingerprint density at radius 1 is 1.50 bits per heavy atom. The number of fused-ring (bicyclic) bond motifs is 1. The molecule has 0 atom stereocenters. The number of nitrogens with one attached hydrogen (secondary N) is 1. The molecular weight excluding hydrogens is 206 g/mol. The molecule has 5 nitrogen and oxygen atoms in total. The first-order valence-electron chi connectivity index (χ1n) is 5.10. The number of carbonyl (C=O) groups is 1. The minimum Gasteiger partial charge on any atom is -0.345 e. The van der Waals surface area contributed by atoms with Crippen LogP contribution in [0.2, 0.25) is 0 Å². The zero-order valence-corrected chi connectivity index (χ0v) is 9.44. The molecule has 0 saturated carbocycles. The molecule has 0 bridgehead atoms. The van der Waals surface area contributed by atoms with Crippen molar-refractivity contribution in [2.75, 3.05) is 0 Å². The lowest BCUT2D eigenvalue weighted by molar-refractivity contribution is 0.0938. The molecule has 0 amide bonds. The number of hydrogen-bond acceptors (Lipinski definition) is 3. The molecule has 84 valence electrons. The van der Waals surface area contributed by atoms with Crippen LogP contribution in [0, 0.1) is 5.92 Å². The van der Waals surface area contributed by atoms with Gasteiger partial charge in [-0.1, -0.05) is 13.8 Å². The van der Waals surface area contributed by atoms with E-state index in [-0.39, 0.29) is 22.7 Å². The van der Waals surface area contributed by atoms with Gasteiger partial charge in [0.05, 0.1) is 17.1 Å². The highest BCUT2D eigenvalue weighted by molar-refractivity contribution is 5.99. The molecule has 0 aromatic carbocycles. The van der Waals surface area contributed by atoms with Gasteiger partial charge in [-0.3, -0.25) is 14.3 Å². The van der Waals surface area contributed by atoms with Gasteiger partial charge in [-0.15, -0.1) is 0 Å². The first-order chi connectivity index (χ1) is 7.52. The van der Waals surface area contributed by atoms with Crippen molar-refractivity contribution < 1.29 is 4.79 Å². The van der Waals surface area contributed by atoms with E-state index in [9.17, 15) is 9.59 Å². The maximum atomic E-state index is 12.0. The second kappa shape index (κ2) is 3.59. The first kappa shape index (κ1) is 10.6. The third-order valence-electron chi connectivity index (χ3n) is 2.57. The Morgan fingerprint density at radius 3 is 2.81 bits per heavy atom. The highest BCUT2D eigenvalue weighted by Crippen LogP contribution is 2.09. The van der Waals surface area contributed by atoms with Crippen LogP contribution in [0.4, 0.5) is 0 Å². The Balaban J connectivity index is 2.71. The maximum Gasteiger partial charge on any atom is 0.203 e. The van der Waals surface area contributed by atoms with Crippen LogP contribution in [0.3, 0.4) is 0 Å². The summed E-state index contributed by atoms with van der Waals surface area (Å²) in [7, 11) is 1.74. The second-order valence-corrected chi connectivity index (χ2v) is 4.08. The second-order valence-electron chi connectivity index (χ2n) is 4.08. The first-order valence-corrected chi connectivity index (χ1v) is 5.10. The van der Waals surface area contributed by atoms with E-state index >= 15 is 0 Å². The molecule has 0 spiro atoms. The largest absolute Gasteiger partial charge is 0.345 e. The van der Waals surface area contributed by atoms with Crippen LogP contribution in [-0.2, 0) is 7.05 Å². The molecule has 2 aromatic rings. The number of H-pyrrole nitrogens is 1.